The Kier molecular flexibility index (Phi) is 3.02. The Bertz CT molecular complexity index is 292. The largest absolute Gasteiger partial charge is 0.293 e. The third-order valence-corrected chi connectivity index (χ3v) is 2.28. The Hall–Kier alpha value is -0.920. The van der Waals surface area contributed by atoms with Crippen LogP contribution in [0.25, 0.3) is 0 Å². The van der Waals surface area contributed by atoms with Crippen molar-refractivity contribution in [2.75, 3.05) is 0 Å². The summed E-state index contributed by atoms with van der Waals surface area (Å²) in [7, 11) is 0. The van der Waals surface area contributed by atoms with Gasteiger partial charge in [-0.15, -0.1) is 11.3 Å². The van der Waals surface area contributed by atoms with Gasteiger partial charge in [-0.25, -0.2) is 0 Å². The molecule has 0 aliphatic rings. The quantitative estimate of drug-likeness (QED) is 0.786. The van der Waals surface area contributed by atoms with Gasteiger partial charge in [0.05, 0.1) is 16.5 Å². The van der Waals surface area contributed by atoms with Crippen LogP contribution in [0, 0.1) is 11.3 Å². The summed E-state index contributed by atoms with van der Waals surface area (Å²) in [4.78, 5) is 4.92. The predicted molar refractivity (Wildman–Crippen MR) is 53.4 cm³/mol. The van der Waals surface area contributed by atoms with Gasteiger partial charge in [0.25, 0.3) is 0 Å². The van der Waals surface area contributed by atoms with E-state index in [1.54, 1.807) is 11.7 Å². The van der Waals surface area contributed by atoms with Crippen molar-refractivity contribution in [1.29, 1.82) is 5.26 Å². The number of aromatic nitrogens is 1. The average molecular weight is 195 g/mol. The van der Waals surface area contributed by atoms with Crippen molar-refractivity contribution in [3.05, 3.63) is 16.6 Å². The van der Waals surface area contributed by atoms with Crippen LogP contribution in [0.15, 0.2) is 11.7 Å². The molecule has 0 bridgehead atoms. The third-order valence-electron chi connectivity index (χ3n) is 1.44. The minimum atomic E-state index is -0.243. The van der Waals surface area contributed by atoms with Crippen molar-refractivity contribution in [2.45, 2.75) is 32.4 Å². The van der Waals surface area contributed by atoms with Crippen molar-refractivity contribution in [1.82, 2.24) is 10.3 Å². The molecule has 0 spiro atoms. The molecule has 0 aromatic carbocycles. The van der Waals surface area contributed by atoms with Crippen LogP contribution in [0.2, 0.25) is 0 Å². The zero-order chi connectivity index (χ0) is 9.90. The fourth-order valence-corrected chi connectivity index (χ4v) is 1.58. The number of nitrogens with one attached hydrogen (secondary N) is 1. The molecular formula is C9H13N3S. The first kappa shape index (κ1) is 10.2. The van der Waals surface area contributed by atoms with Gasteiger partial charge in [-0.05, 0) is 20.8 Å². The molecule has 70 valence electrons. The number of hydrogen-bond acceptors (Lipinski definition) is 4. The molecule has 13 heavy (non-hydrogen) atoms. The smallest absolute Gasteiger partial charge is 0.132 e. The van der Waals surface area contributed by atoms with E-state index in [4.69, 9.17) is 5.26 Å². The lowest BCUT2D eigenvalue weighted by molar-refractivity contribution is 0.403. The lowest BCUT2D eigenvalue weighted by atomic mass is 10.1. The van der Waals surface area contributed by atoms with Crippen molar-refractivity contribution < 1.29 is 0 Å². The highest BCUT2D eigenvalue weighted by atomic mass is 32.1. The Morgan fingerprint density at radius 3 is 2.69 bits per heavy atom. The lowest BCUT2D eigenvalue weighted by Crippen LogP contribution is -2.37. The van der Waals surface area contributed by atoms with Crippen molar-refractivity contribution in [2.24, 2.45) is 0 Å². The average Bonchev–Trinajstić information content (AvgIpc) is 2.50. The van der Waals surface area contributed by atoms with Crippen LogP contribution in [-0.2, 0) is 0 Å². The molecule has 3 nitrogen and oxygen atoms in total. The van der Waals surface area contributed by atoms with Crippen LogP contribution in [-0.4, -0.2) is 10.5 Å². The van der Waals surface area contributed by atoms with Crippen LogP contribution in [0.3, 0.4) is 0 Å². The van der Waals surface area contributed by atoms with E-state index in [1.807, 2.05) is 20.8 Å². The summed E-state index contributed by atoms with van der Waals surface area (Å²) in [5.41, 5.74) is 1.69. The Morgan fingerprint density at radius 2 is 2.31 bits per heavy atom. The Morgan fingerprint density at radius 1 is 1.62 bits per heavy atom. The topological polar surface area (TPSA) is 48.7 Å². The summed E-state index contributed by atoms with van der Waals surface area (Å²) in [6, 6.07) is 1.98. The molecule has 0 saturated heterocycles. The highest BCUT2D eigenvalue weighted by molar-refractivity contribution is 7.09. The second kappa shape index (κ2) is 3.86. The summed E-state index contributed by atoms with van der Waals surface area (Å²) >= 11 is 1.50. The van der Waals surface area contributed by atoms with Crippen LogP contribution < -0.4 is 5.32 Å². The van der Waals surface area contributed by atoms with E-state index in [0.717, 1.165) is 4.88 Å². The summed E-state index contributed by atoms with van der Waals surface area (Å²) in [6.07, 6.45) is 1.73. The molecule has 1 atom stereocenters. The number of thiazole rings is 1. The fourth-order valence-electron chi connectivity index (χ4n) is 0.968. The van der Waals surface area contributed by atoms with Gasteiger partial charge >= 0.3 is 0 Å². The van der Waals surface area contributed by atoms with Crippen LogP contribution in [0.4, 0.5) is 0 Å². The van der Waals surface area contributed by atoms with Gasteiger partial charge in [-0.1, -0.05) is 0 Å². The first-order valence-electron chi connectivity index (χ1n) is 4.08. The zero-order valence-electron chi connectivity index (χ0n) is 8.03. The molecule has 4 heteroatoms. The van der Waals surface area contributed by atoms with Crippen LogP contribution in [0.5, 0.6) is 0 Å². The maximum Gasteiger partial charge on any atom is 0.132 e. The van der Waals surface area contributed by atoms with Gasteiger partial charge < -0.3 is 0 Å². The molecule has 1 N–H and O–H groups in total. The maximum absolute atomic E-state index is 8.93. The highest BCUT2D eigenvalue weighted by Gasteiger charge is 2.19. The normalized spacial score (nSPS) is 13.7. The highest BCUT2D eigenvalue weighted by Crippen LogP contribution is 2.19. The van der Waals surface area contributed by atoms with Crippen molar-refractivity contribution in [3.8, 4) is 6.07 Å². The molecule has 0 radical (unpaired) electrons. The number of rotatable bonds is 2. The fraction of sp³-hybridized carbons (Fsp3) is 0.556. The number of hydrogen-bond donors (Lipinski definition) is 1. The van der Waals surface area contributed by atoms with E-state index in [-0.39, 0.29) is 11.6 Å². The van der Waals surface area contributed by atoms with Crippen LogP contribution >= 0.6 is 11.3 Å². The van der Waals surface area contributed by atoms with E-state index < -0.39 is 0 Å². The van der Waals surface area contributed by atoms with Gasteiger partial charge in [0, 0.05) is 11.7 Å². The molecule has 0 amide bonds. The van der Waals surface area contributed by atoms with Crippen LogP contribution in [0.1, 0.15) is 31.7 Å². The first-order valence-corrected chi connectivity index (χ1v) is 4.96. The van der Waals surface area contributed by atoms with Gasteiger partial charge in [-0.3, -0.25) is 10.3 Å². The van der Waals surface area contributed by atoms with E-state index in [2.05, 4.69) is 16.4 Å². The van der Waals surface area contributed by atoms with E-state index >= 15 is 0 Å². The minimum Gasteiger partial charge on any atom is -0.293 e. The molecule has 0 aliphatic heterocycles. The zero-order valence-corrected chi connectivity index (χ0v) is 8.85. The standard InChI is InChI=1S/C9H13N3S/c1-9(2,3)12-7(4-10)8-5-11-6-13-8/h5-7,12H,1-3H3. The van der Waals surface area contributed by atoms with Gasteiger partial charge in [0.2, 0.25) is 0 Å². The van der Waals surface area contributed by atoms with E-state index in [0.29, 0.717) is 0 Å². The summed E-state index contributed by atoms with van der Waals surface area (Å²) in [6.45, 7) is 6.12. The monoisotopic (exact) mass is 195 g/mol. The molecular weight excluding hydrogens is 182 g/mol. The summed E-state index contributed by atoms with van der Waals surface area (Å²) in [5.74, 6) is 0. The number of nitrogens with zero attached hydrogens (tertiary/aromatic N) is 2. The molecule has 0 saturated carbocycles. The summed E-state index contributed by atoms with van der Waals surface area (Å²) < 4.78 is 0. The SMILES string of the molecule is CC(C)(C)NC(C#N)c1cncs1. The second-order valence-corrected chi connectivity index (χ2v) is 4.78. The molecule has 0 fully saturated rings. The second-order valence-electron chi connectivity index (χ2n) is 3.86. The lowest BCUT2D eigenvalue weighted by Gasteiger charge is -2.23. The predicted octanol–water partition coefficient (Wildman–Crippen LogP) is 2.10. The Balaban J connectivity index is 2.72. The third kappa shape index (κ3) is 3.13. The first-order chi connectivity index (χ1) is 6.03. The van der Waals surface area contributed by atoms with Crippen molar-refractivity contribution >= 4 is 11.3 Å². The Labute approximate surface area is 82.4 Å². The van der Waals surface area contributed by atoms with Gasteiger partial charge in [0.15, 0.2) is 0 Å². The van der Waals surface area contributed by atoms with E-state index in [1.165, 1.54) is 11.3 Å². The molecule has 1 aromatic rings. The molecule has 1 rings (SSSR count). The minimum absolute atomic E-state index is 0.0512. The maximum atomic E-state index is 8.93. The molecule has 0 aliphatic carbocycles. The van der Waals surface area contributed by atoms with Gasteiger partial charge in [-0.2, -0.15) is 5.26 Å². The molecule has 1 unspecified atom stereocenters. The van der Waals surface area contributed by atoms with E-state index in [9.17, 15) is 0 Å². The molecule has 1 aromatic heterocycles. The molecule has 1 heterocycles. The van der Waals surface area contributed by atoms with Crippen molar-refractivity contribution in [3.63, 3.8) is 0 Å². The number of nitriles is 1. The summed E-state index contributed by atoms with van der Waals surface area (Å²) in [5, 5.41) is 12.1. The van der Waals surface area contributed by atoms with Gasteiger partial charge in [0.1, 0.15) is 6.04 Å².